The molecule has 1 atom stereocenters. The number of rotatable bonds is 4. The Hall–Kier alpha value is -1.12. The molecule has 84 valence electrons. The number of benzene rings is 1. The molecule has 0 bridgehead atoms. The molecule has 0 aliphatic rings. The van der Waals surface area contributed by atoms with Crippen LogP contribution in [0.15, 0.2) is 29.1 Å². The molecule has 1 heterocycles. The number of nitrogens with one attached hydrogen (secondary N) is 1. The first-order valence-electron chi connectivity index (χ1n) is 5.24. The molecule has 4 nitrogen and oxygen atoms in total. The molecule has 3 N–H and O–H groups in total. The van der Waals surface area contributed by atoms with E-state index in [1.54, 1.807) is 0 Å². The second-order valence-electron chi connectivity index (χ2n) is 3.52. The zero-order valence-electron chi connectivity index (χ0n) is 8.86. The van der Waals surface area contributed by atoms with Gasteiger partial charge in [0, 0.05) is 0 Å². The fraction of sp³-hybridized carbons (Fsp3) is 0.273. The van der Waals surface area contributed by atoms with Crippen LogP contribution in [0.4, 0.5) is 0 Å². The van der Waals surface area contributed by atoms with Crippen molar-refractivity contribution in [2.24, 2.45) is 5.73 Å². The van der Waals surface area contributed by atoms with Crippen LogP contribution in [0.3, 0.4) is 0 Å². The number of hydrogen-bond donors (Lipinski definition) is 2. The molecule has 0 saturated heterocycles. The Balaban J connectivity index is 2.38. The van der Waals surface area contributed by atoms with Gasteiger partial charge in [-0.1, -0.05) is 0 Å². The topological polar surface area (TPSA) is 71.8 Å². The van der Waals surface area contributed by atoms with Crippen molar-refractivity contribution in [1.82, 2.24) is 10.2 Å². The van der Waals surface area contributed by atoms with E-state index in [0.717, 1.165) is 33.4 Å². The number of nitrogens with zero attached hydrogens (tertiary/aromatic N) is 1. The average Bonchev–Trinajstić information content (AvgIpc) is 2.33. The van der Waals surface area contributed by atoms with Crippen LogP contribution in [0.5, 0.6) is 0 Å². The van der Waals surface area contributed by atoms with Gasteiger partial charge in [-0.2, -0.15) is 0 Å². The van der Waals surface area contributed by atoms with Crippen LogP contribution in [0.25, 0.3) is 10.8 Å². The van der Waals surface area contributed by atoms with E-state index in [2.05, 4.69) is 10.2 Å². The van der Waals surface area contributed by atoms with Crippen molar-refractivity contribution in [1.29, 1.82) is 0 Å². The van der Waals surface area contributed by atoms with Crippen LogP contribution in [0.2, 0.25) is 5.21 Å². The Morgan fingerprint density at radius 2 is 2.06 bits per heavy atom. The van der Waals surface area contributed by atoms with E-state index in [4.69, 9.17) is 5.73 Å². The van der Waals surface area contributed by atoms with Crippen LogP contribution in [0, 0.1) is 0 Å². The molecular weight excluding hydrogens is 265 g/mol. The summed E-state index contributed by atoms with van der Waals surface area (Å²) in [5.41, 5.74) is 5.36. The third-order valence-corrected chi connectivity index (χ3v) is 5.14. The summed E-state index contributed by atoms with van der Waals surface area (Å²) in [5, 5.41) is 9.59. The van der Waals surface area contributed by atoms with E-state index in [-0.39, 0.29) is 21.3 Å². The Morgan fingerprint density at radius 3 is 2.81 bits per heavy atom. The number of aromatic amines is 1. The van der Waals surface area contributed by atoms with Crippen molar-refractivity contribution in [3.8, 4) is 0 Å². The summed E-state index contributed by atoms with van der Waals surface area (Å²) >= 11 is -0.294. The van der Waals surface area contributed by atoms with Crippen LogP contribution in [0.1, 0.15) is 6.42 Å². The summed E-state index contributed by atoms with van der Waals surface area (Å²) in [6.07, 6.45) is 1.04. The normalized spacial score (nSPS) is 11.6. The molecule has 2 aromatic rings. The predicted molar refractivity (Wildman–Crippen MR) is 67.6 cm³/mol. The van der Waals surface area contributed by atoms with Gasteiger partial charge >= 0.3 is 99.7 Å². The van der Waals surface area contributed by atoms with Crippen molar-refractivity contribution in [3.63, 3.8) is 0 Å². The quantitative estimate of drug-likeness (QED) is 0.599. The van der Waals surface area contributed by atoms with Gasteiger partial charge in [0.2, 0.25) is 0 Å². The van der Waals surface area contributed by atoms with E-state index in [0.29, 0.717) is 0 Å². The SMILES string of the molecule is NCCC[AsH]c1n[nH]c(=O)c2ccccc12. The molecular formula is C11H14AsN3O. The fourth-order valence-electron chi connectivity index (χ4n) is 1.56. The van der Waals surface area contributed by atoms with Gasteiger partial charge in [0.15, 0.2) is 0 Å². The first-order valence-corrected chi connectivity index (χ1v) is 7.77. The summed E-state index contributed by atoms with van der Waals surface area (Å²) in [7, 11) is 0. The standard InChI is InChI=1S/C11H14AsN3O/c13-7-3-6-12-10-8-4-1-2-5-9(8)11(16)15-14-10/h1-2,4-5,12H,3,6-7,13H2,(H,15,16). The summed E-state index contributed by atoms with van der Waals surface area (Å²) in [5.74, 6) is 0. The summed E-state index contributed by atoms with van der Waals surface area (Å²) in [4.78, 5) is 11.5. The molecule has 0 amide bonds. The summed E-state index contributed by atoms with van der Waals surface area (Å²) in [6, 6.07) is 7.64. The van der Waals surface area contributed by atoms with Gasteiger partial charge in [-0.05, 0) is 0 Å². The van der Waals surface area contributed by atoms with Gasteiger partial charge in [0.05, 0.1) is 0 Å². The van der Waals surface area contributed by atoms with Gasteiger partial charge < -0.3 is 0 Å². The molecule has 1 aromatic heterocycles. The first-order chi connectivity index (χ1) is 7.83. The molecule has 5 heteroatoms. The maximum absolute atomic E-state index is 11.5. The van der Waals surface area contributed by atoms with E-state index >= 15 is 0 Å². The second-order valence-corrected chi connectivity index (χ2v) is 6.30. The van der Waals surface area contributed by atoms with Crippen molar-refractivity contribution >= 4 is 31.0 Å². The molecule has 16 heavy (non-hydrogen) atoms. The van der Waals surface area contributed by atoms with Gasteiger partial charge in [-0.25, -0.2) is 0 Å². The molecule has 0 aliphatic carbocycles. The molecule has 0 aliphatic heterocycles. The van der Waals surface area contributed by atoms with Crippen LogP contribution in [-0.2, 0) is 0 Å². The van der Waals surface area contributed by atoms with Crippen molar-refractivity contribution in [2.45, 2.75) is 11.6 Å². The minimum absolute atomic E-state index is 0.107. The van der Waals surface area contributed by atoms with Gasteiger partial charge in [0.1, 0.15) is 0 Å². The van der Waals surface area contributed by atoms with Crippen molar-refractivity contribution in [3.05, 3.63) is 34.6 Å². The Labute approximate surface area is 99.9 Å². The molecule has 0 saturated carbocycles. The summed E-state index contributed by atoms with van der Waals surface area (Å²) in [6.45, 7) is 0.727. The van der Waals surface area contributed by atoms with Crippen molar-refractivity contribution in [2.75, 3.05) is 6.54 Å². The summed E-state index contributed by atoms with van der Waals surface area (Å²) < 4.78 is 1.07. The zero-order valence-corrected chi connectivity index (χ0v) is 11.0. The zero-order chi connectivity index (χ0) is 11.4. The third-order valence-electron chi connectivity index (χ3n) is 2.37. The molecule has 2 rings (SSSR count). The first kappa shape index (κ1) is 11.4. The van der Waals surface area contributed by atoms with Crippen LogP contribution >= 0.6 is 0 Å². The van der Waals surface area contributed by atoms with Crippen LogP contribution < -0.4 is 15.8 Å². The molecule has 0 fully saturated rings. The number of hydrogen-bond acceptors (Lipinski definition) is 3. The minimum atomic E-state index is -0.294. The fourth-order valence-corrected chi connectivity index (χ4v) is 3.99. The number of fused-ring (bicyclic) bond motifs is 1. The molecule has 0 spiro atoms. The molecule has 0 radical (unpaired) electrons. The van der Waals surface area contributed by atoms with E-state index < -0.39 is 0 Å². The Bertz CT molecular complexity index is 538. The number of aromatic nitrogens is 2. The maximum atomic E-state index is 11.5. The number of H-pyrrole nitrogens is 1. The molecule has 1 aromatic carbocycles. The van der Waals surface area contributed by atoms with Gasteiger partial charge in [0.25, 0.3) is 0 Å². The van der Waals surface area contributed by atoms with E-state index in [1.807, 2.05) is 24.3 Å². The van der Waals surface area contributed by atoms with Crippen LogP contribution in [-0.4, -0.2) is 32.5 Å². The predicted octanol–water partition coefficient (Wildman–Crippen LogP) is -0.248. The third kappa shape index (κ3) is 2.34. The van der Waals surface area contributed by atoms with E-state index in [1.165, 1.54) is 0 Å². The average molecular weight is 279 g/mol. The monoisotopic (exact) mass is 279 g/mol. The van der Waals surface area contributed by atoms with Gasteiger partial charge in [-0.15, -0.1) is 0 Å². The number of nitrogens with two attached hydrogens (primary N) is 1. The van der Waals surface area contributed by atoms with Crippen molar-refractivity contribution < 1.29 is 0 Å². The van der Waals surface area contributed by atoms with E-state index in [9.17, 15) is 4.79 Å². The van der Waals surface area contributed by atoms with Gasteiger partial charge in [-0.3, -0.25) is 0 Å². The Morgan fingerprint density at radius 1 is 1.31 bits per heavy atom. The Kier molecular flexibility index (Phi) is 3.75. The second kappa shape index (κ2) is 5.28. The molecule has 1 unspecified atom stereocenters.